The minimum absolute atomic E-state index is 0.0998. The number of amides is 1. The first-order chi connectivity index (χ1) is 8.16. The summed E-state index contributed by atoms with van der Waals surface area (Å²) in [6.07, 6.45) is 1.18. The zero-order valence-electron chi connectivity index (χ0n) is 9.90. The van der Waals surface area contributed by atoms with Crippen molar-refractivity contribution in [3.05, 3.63) is 29.3 Å². The van der Waals surface area contributed by atoms with E-state index in [-0.39, 0.29) is 11.7 Å². The van der Waals surface area contributed by atoms with Gasteiger partial charge in [0, 0.05) is 12.1 Å². The van der Waals surface area contributed by atoms with Gasteiger partial charge in [-0.1, -0.05) is 6.07 Å². The van der Waals surface area contributed by atoms with Gasteiger partial charge in [0.1, 0.15) is 5.75 Å². The van der Waals surface area contributed by atoms with E-state index in [2.05, 4.69) is 5.32 Å². The predicted molar refractivity (Wildman–Crippen MR) is 70.6 cm³/mol. The molecule has 1 aliphatic heterocycles. The summed E-state index contributed by atoms with van der Waals surface area (Å²) in [5.74, 6) is 3.01. The summed E-state index contributed by atoms with van der Waals surface area (Å²) in [5, 5.41) is 12.5. The highest BCUT2D eigenvalue weighted by Gasteiger charge is 2.16. The van der Waals surface area contributed by atoms with Crippen molar-refractivity contribution >= 4 is 17.7 Å². The maximum absolute atomic E-state index is 11.8. The number of rotatable bonds is 3. The van der Waals surface area contributed by atoms with Crippen LogP contribution in [0.1, 0.15) is 22.3 Å². The average molecular weight is 251 g/mol. The first kappa shape index (κ1) is 12.3. The van der Waals surface area contributed by atoms with Crippen LogP contribution in [0.15, 0.2) is 18.2 Å². The van der Waals surface area contributed by atoms with Crippen LogP contribution >= 0.6 is 11.8 Å². The lowest BCUT2D eigenvalue weighted by atomic mass is 10.1. The van der Waals surface area contributed by atoms with Gasteiger partial charge in [-0.3, -0.25) is 4.79 Å². The van der Waals surface area contributed by atoms with Crippen LogP contribution in [0.4, 0.5) is 0 Å². The highest BCUT2D eigenvalue weighted by Crippen LogP contribution is 2.22. The molecule has 0 bridgehead atoms. The Morgan fingerprint density at radius 3 is 3.06 bits per heavy atom. The lowest BCUT2D eigenvalue weighted by Gasteiger charge is -2.10. The summed E-state index contributed by atoms with van der Waals surface area (Å²) in [6.45, 7) is 2.55. The van der Waals surface area contributed by atoms with Gasteiger partial charge in [-0.05, 0) is 48.5 Å². The molecule has 0 spiro atoms. The average Bonchev–Trinajstić information content (AvgIpc) is 2.82. The van der Waals surface area contributed by atoms with Crippen LogP contribution in [0, 0.1) is 12.8 Å². The van der Waals surface area contributed by atoms with Crippen molar-refractivity contribution in [2.45, 2.75) is 13.3 Å². The van der Waals surface area contributed by atoms with E-state index in [0.717, 1.165) is 17.9 Å². The van der Waals surface area contributed by atoms with E-state index < -0.39 is 0 Å². The molecule has 0 radical (unpaired) electrons. The third kappa shape index (κ3) is 3.16. The van der Waals surface area contributed by atoms with E-state index in [4.69, 9.17) is 0 Å². The largest absolute Gasteiger partial charge is 0.508 e. The number of aromatic hydroxyl groups is 1. The molecule has 1 atom stereocenters. The summed E-state index contributed by atoms with van der Waals surface area (Å²) in [4.78, 5) is 11.8. The van der Waals surface area contributed by atoms with Gasteiger partial charge in [-0.2, -0.15) is 11.8 Å². The molecule has 3 nitrogen and oxygen atoms in total. The smallest absolute Gasteiger partial charge is 0.251 e. The summed E-state index contributed by atoms with van der Waals surface area (Å²) in [7, 11) is 0. The van der Waals surface area contributed by atoms with Crippen LogP contribution in [-0.4, -0.2) is 29.1 Å². The molecule has 1 saturated heterocycles. The number of thioether (sulfide) groups is 1. The van der Waals surface area contributed by atoms with Gasteiger partial charge >= 0.3 is 0 Å². The number of carbonyl (C=O) groups excluding carboxylic acids is 1. The molecule has 1 aromatic rings. The molecular weight excluding hydrogens is 234 g/mol. The zero-order chi connectivity index (χ0) is 12.3. The lowest BCUT2D eigenvalue weighted by molar-refractivity contribution is 0.0948. The van der Waals surface area contributed by atoms with Gasteiger partial charge in [0.2, 0.25) is 0 Å². The second-order valence-electron chi connectivity index (χ2n) is 4.44. The van der Waals surface area contributed by atoms with E-state index in [9.17, 15) is 9.90 Å². The number of benzene rings is 1. The number of hydrogen-bond acceptors (Lipinski definition) is 3. The molecule has 1 aliphatic rings. The number of phenols is 1. The van der Waals surface area contributed by atoms with Gasteiger partial charge < -0.3 is 10.4 Å². The Morgan fingerprint density at radius 2 is 2.41 bits per heavy atom. The Bertz CT molecular complexity index is 414. The van der Waals surface area contributed by atoms with Crippen molar-refractivity contribution in [1.29, 1.82) is 0 Å². The fourth-order valence-electron chi connectivity index (χ4n) is 1.83. The van der Waals surface area contributed by atoms with Crippen molar-refractivity contribution < 1.29 is 9.90 Å². The van der Waals surface area contributed by atoms with Gasteiger partial charge in [0.15, 0.2) is 0 Å². The van der Waals surface area contributed by atoms with Crippen LogP contribution in [0.2, 0.25) is 0 Å². The normalized spacial score (nSPS) is 19.2. The molecule has 92 valence electrons. The van der Waals surface area contributed by atoms with Crippen molar-refractivity contribution in [2.24, 2.45) is 5.92 Å². The van der Waals surface area contributed by atoms with Crippen molar-refractivity contribution in [3.8, 4) is 5.75 Å². The van der Waals surface area contributed by atoms with Gasteiger partial charge in [-0.25, -0.2) is 0 Å². The van der Waals surface area contributed by atoms with Gasteiger partial charge in [0.05, 0.1) is 0 Å². The molecule has 1 amide bonds. The van der Waals surface area contributed by atoms with E-state index in [1.54, 1.807) is 12.1 Å². The van der Waals surface area contributed by atoms with Crippen LogP contribution in [0.25, 0.3) is 0 Å². The highest BCUT2D eigenvalue weighted by atomic mass is 32.2. The third-order valence-electron chi connectivity index (χ3n) is 3.05. The molecule has 1 fully saturated rings. The van der Waals surface area contributed by atoms with E-state index in [1.165, 1.54) is 18.2 Å². The highest BCUT2D eigenvalue weighted by molar-refractivity contribution is 7.99. The van der Waals surface area contributed by atoms with Crippen LogP contribution in [-0.2, 0) is 0 Å². The monoisotopic (exact) mass is 251 g/mol. The standard InChI is InChI=1S/C13H17NO2S/c1-9-2-3-11(6-12(9)15)13(16)14-7-10-4-5-17-8-10/h2-3,6,10,15H,4-5,7-8H2,1H3,(H,14,16). The van der Waals surface area contributed by atoms with E-state index in [0.29, 0.717) is 11.5 Å². The second kappa shape index (κ2) is 5.45. The van der Waals surface area contributed by atoms with Crippen molar-refractivity contribution in [2.75, 3.05) is 18.1 Å². The molecule has 2 rings (SSSR count). The fraction of sp³-hybridized carbons (Fsp3) is 0.462. The second-order valence-corrected chi connectivity index (χ2v) is 5.59. The number of aryl methyl sites for hydroxylation is 1. The fourth-order valence-corrected chi connectivity index (χ4v) is 3.12. The van der Waals surface area contributed by atoms with E-state index in [1.807, 2.05) is 18.7 Å². The Hall–Kier alpha value is -1.16. The SMILES string of the molecule is Cc1ccc(C(=O)NCC2CCSC2)cc1O. The van der Waals surface area contributed by atoms with Gasteiger partial charge in [0.25, 0.3) is 5.91 Å². The zero-order valence-corrected chi connectivity index (χ0v) is 10.7. The van der Waals surface area contributed by atoms with Crippen molar-refractivity contribution in [1.82, 2.24) is 5.32 Å². The predicted octanol–water partition coefficient (Wildman–Crippen LogP) is 2.18. The van der Waals surface area contributed by atoms with E-state index >= 15 is 0 Å². The number of hydrogen-bond donors (Lipinski definition) is 2. The Morgan fingerprint density at radius 1 is 1.59 bits per heavy atom. The maximum atomic E-state index is 11.8. The summed E-state index contributed by atoms with van der Waals surface area (Å²) >= 11 is 1.94. The summed E-state index contributed by atoms with van der Waals surface area (Å²) < 4.78 is 0. The molecule has 0 aromatic heterocycles. The molecular formula is C13H17NO2S. The number of nitrogens with one attached hydrogen (secondary N) is 1. The van der Waals surface area contributed by atoms with Crippen LogP contribution in [0.3, 0.4) is 0 Å². The van der Waals surface area contributed by atoms with Crippen LogP contribution < -0.4 is 5.32 Å². The van der Waals surface area contributed by atoms with Gasteiger partial charge in [-0.15, -0.1) is 0 Å². The first-order valence-electron chi connectivity index (χ1n) is 5.82. The summed E-state index contributed by atoms with van der Waals surface area (Å²) in [5.41, 5.74) is 1.31. The maximum Gasteiger partial charge on any atom is 0.251 e. The minimum Gasteiger partial charge on any atom is -0.508 e. The molecule has 0 aliphatic carbocycles. The lowest BCUT2D eigenvalue weighted by Crippen LogP contribution is -2.29. The third-order valence-corrected chi connectivity index (χ3v) is 4.28. The Kier molecular flexibility index (Phi) is 3.94. The molecule has 1 heterocycles. The molecule has 4 heteroatoms. The topological polar surface area (TPSA) is 49.3 Å². The van der Waals surface area contributed by atoms with Crippen molar-refractivity contribution in [3.63, 3.8) is 0 Å². The molecule has 1 aromatic carbocycles. The molecule has 17 heavy (non-hydrogen) atoms. The minimum atomic E-state index is -0.0998. The Balaban J connectivity index is 1.92. The Labute approximate surface area is 106 Å². The molecule has 2 N–H and O–H groups in total. The quantitative estimate of drug-likeness (QED) is 0.865. The number of carbonyl (C=O) groups is 1. The van der Waals surface area contributed by atoms with Crippen LogP contribution in [0.5, 0.6) is 5.75 Å². The molecule has 0 saturated carbocycles. The summed E-state index contributed by atoms with van der Waals surface area (Å²) in [6, 6.07) is 5.03. The molecule has 1 unspecified atom stereocenters. The first-order valence-corrected chi connectivity index (χ1v) is 6.98. The number of phenolic OH excluding ortho intramolecular Hbond substituents is 1.